The van der Waals surface area contributed by atoms with Gasteiger partial charge in [0.25, 0.3) is 0 Å². The number of benzene rings is 2. The molecular formula is C18H22N2O3S. The summed E-state index contributed by atoms with van der Waals surface area (Å²) in [4.78, 5) is 12.1. The van der Waals surface area contributed by atoms with Gasteiger partial charge in [-0.05, 0) is 43.7 Å². The van der Waals surface area contributed by atoms with Gasteiger partial charge in [-0.2, -0.15) is 0 Å². The normalized spacial score (nSPS) is 11.1. The third kappa shape index (κ3) is 5.09. The van der Waals surface area contributed by atoms with Gasteiger partial charge in [0, 0.05) is 18.7 Å². The number of sulfonamides is 1. The van der Waals surface area contributed by atoms with Crippen LogP contribution in [-0.4, -0.2) is 27.1 Å². The van der Waals surface area contributed by atoms with Gasteiger partial charge in [0.1, 0.15) is 0 Å². The molecule has 0 aliphatic carbocycles. The summed E-state index contributed by atoms with van der Waals surface area (Å²) in [5.74, 6) is -0.222. The molecule has 6 heteroatoms. The van der Waals surface area contributed by atoms with Crippen LogP contribution >= 0.6 is 0 Å². The molecule has 0 fully saturated rings. The van der Waals surface area contributed by atoms with E-state index in [1.165, 1.54) is 4.31 Å². The van der Waals surface area contributed by atoms with E-state index in [9.17, 15) is 13.2 Å². The van der Waals surface area contributed by atoms with Crippen LogP contribution in [-0.2, 0) is 14.8 Å². The van der Waals surface area contributed by atoms with E-state index in [1.807, 2.05) is 44.2 Å². The topological polar surface area (TPSA) is 66.5 Å². The number of nitrogens with zero attached hydrogens (tertiary/aromatic N) is 1. The second kappa shape index (κ2) is 7.49. The fourth-order valence-corrected chi connectivity index (χ4v) is 3.25. The minimum Gasteiger partial charge on any atom is -0.326 e. The quantitative estimate of drug-likeness (QED) is 0.874. The predicted octanol–water partition coefficient (Wildman–Crippen LogP) is 3.10. The van der Waals surface area contributed by atoms with Gasteiger partial charge in [-0.15, -0.1) is 0 Å². The molecule has 2 aromatic rings. The van der Waals surface area contributed by atoms with Crippen molar-refractivity contribution in [2.24, 2.45) is 0 Å². The molecule has 1 N–H and O–H groups in total. The van der Waals surface area contributed by atoms with Gasteiger partial charge in [0.05, 0.1) is 11.9 Å². The van der Waals surface area contributed by atoms with Gasteiger partial charge in [0.2, 0.25) is 15.9 Å². The standard InChI is InChI=1S/C18H22N2O3S/c1-14-7-9-16(10-8-14)19-18(21)11-12-20(24(3,22)23)17-6-4-5-15(2)13-17/h4-10,13H,11-12H2,1-3H3,(H,19,21). The third-order valence-corrected chi connectivity index (χ3v) is 4.76. The number of anilines is 2. The molecule has 0 bridgehead atoms. The average Bonchev–Trinajstić information content (AvgIpc) is 2.48. The van der Waals surface area contributed by atoms with Crippen LogP contribution in [0, 0.1) is 13.8 Å². The number of carbonyl (C=O) groups excluding carboxylic acids is 1. The third-order valence-electron chi connectivity index (χ3n) is 3.57. The number of rotatable bonds is 6. The summed E-state index contributed by atoms with van der Waals surface area (Å²) >= 11 is 0. The van der Waals surface area contributed by atoms with Crippen LogP contribution in [0.15, 0.2) is 48.5 Å². The summed E-state index contributed by atoms with van der Waals surface area (Å²) in [6.45, 7) is 3.96. The van der Waals surface area contributed by atoms with Crippen molar-refractivity contribution in [1.82, 2.24) is 0 Å². The van der Waals surface area contributed by atoms with Crippen LogP contribution < -0.4 is 9.62 Å². The van der Waals surface area contributed by atoms with Crippen molar-refractivity contribution in [3.05, 3.63) is 59.7 Å². The Kier molecular flexibility index (Phi) is 5.62. The zero-order valence-corrected chi connectivity index (χ0v) is 14.9. The number of nitrogens with one attached hydrogen (secondary N) is 1. The Balaban J connectivity index is 2.05. The highest BCUT2D eigenvalue weighted by molar-refractivity contribution is 7.92. The van der Waals surface area contributed by atoms with Crippen molar-refractivity contribution in [1.29, 1.82) is 0 Å². The van der Waals surface area contributed by atoms with E-state index in [-0.39, 0.29) is 18.9 Å². The molecule has 0 aliphatic rings. The van der Waals surface area contributed by atoms with E-state index in [0.717, 1.165) is 17.4 Å². The fraction of sp³-hybridized carbons (Fsp3) is 0.278. The van der Waals surface area contributed by atoms with E-state index < -0.39 is 10.0 Å². The first-order chi connectivity index (χ1) is 11.3. The smallest absolute Gasteiger partial charge is 0.232 e. The number of hydrogen-bond acceptors (Lipinski definition) is 3. The van der Waals surface area contributed by atoms with E-state index in [4.69, 9.17) is 0 Å². The summed E-state index contributed by atoms with van der Waals surface area (Å²) in [5, 5.41) is 2.78. The lowest BCUT2D eigenvalue weighted by Crippen LogP contribution is -2.33. The monoisotopic (exact) mass is 346 g/mol. The molecule has 2 rings (SSSR count). The van der Waals surface area contributed by atoms with Crippen molar-refractivity contribution in [3.63, 3.8) is 0 Å². The van der Waals surface area contributed by atoms with Gasteiger partial charge in [-0.1, -0.05) is 29.8 Å². The summed E-state index contributed by atoms with van der Waals surface area (Å²) in [6, 6.07) is 14.7. The van der Waals surface area contributed by atoms with Crippen molar-refractivity contribution >= 4 is 27.3 Å². The largest absolute Gasteiger partial charge is 0.326 e. The molecule has 0 radical (unpaired) electrons. The maximum atomic E-state index is 12.1. The van der Waals surface area contributed by atoms with Crippen LogP contribution in [0.1, 0.15) is 17.5 Å². The SMILES string of the molecule is Cc1ccc(NC(=O)CCN(c2cccc(C)c2)S(C)(=O)=O)cc1. The molecule has 24 heavy (non-hydrogen) atoms. The summed E-state index contributed by atoms with van der Waals surface area (Å²) in [5.41, 5.74) is 3.34. The van der Waals surface area contributed by atoms with E-state index in [0.29, 0.717) is 11.4 Å². The second-order valence-corrected chi connectivity index (χ2v) is 7.75. The fourth-order valence-electron chi connectivity index (χ4n) is 2.33. The zero-order valence-electron chi connectivity index (χ0n) is 14.1. The summed E-state index contributed by atoms with van der Waals surface area (Å²) in [7, 11) is -3.46. The molecule has 0 heterocycles. The van der Waals surface area contributed by atoms with E-state index in [1.54, 1.807) is 18.2 Å². The lowest BCUT2D eigenvalue weighted by atomic mass is 10.2. The molecule has 5 nitrogen and oxygen atoms in total. The zero-order chi connectivity index (χ0) is 17.7. The molecule has 1 amide bonds. The highest BCUT2D eigenvalue weighted by Gasteiger charge is 2.18. The Morgan fingerprint density at radius 3 is 2.29 bits per heavy atom. The van der Waals surface area contributed by atoms with Crippen LogP contribution in [0.4, 0.5) is 11.4 Å². The molecule has 128 valence electrons. The van der Waals surface area contributed by atoms with Gasteiger partial charge in [-0.3, -0.25) is 9.10 Å². The molecule has 0 spiro atoms. The average molecular weight is 346 g/mol. The lowest BCUT2D eigenvalue weighted by molar-refractivity contribution is -0.116. The van der Waals surface area contributed by atoms with Crippen molar-refractivity contribution in [2.45, 2.75) is 20.3 Å². The van der Waals surface area contributed by atoms with Gasteiger partial charge < -0.3 is 5.32 Å². The predicted molar refractivity (Wildman–Crippen MR) is 97.8 cm³/mol. The maximum absolute atomic E-state index is 12.1. The second-order valence-electron chi connectivity index (χ2n) is 5.84. The minimum absolute atomic E-state index is 0.0783. The highest BCUT2D eigenvalue weighted by atomic mass is 32.2. The first-order valence-electron chi connectivity index (χ1n) is 7.66. The molecule has 0 saturated carbocycles. The molecule has 0 aliphatic heterocycles. The lowest BCUT2D eigenvalue weighted by Gasteiger charge is -2.22. The van der Waals surface area contributed by atoms with E-state index >= 15 is 0 Å². The van der Waals surface area contributed by atoms with Crippen LogP contribution in [0.2, 0.25) is 0 Å². The van der Waals surface area contributed by atoms with Gasteiger partial charge >= 0.3 is 0 Å². The van der Waals surface area contributed by atoms with Crippen molar-refractivity contribution in [3.8, 4) is 0 Å². The van der Waals surface area contributed by atoms with Crippen LogP contribution in [0.25, 0.3) is 0 Å². The molecular weight excluding hydrogens is 324 g/mol. The van der Waals surface area contributed by atoms with Crippen molar-refractivity contribution in [2.75, 3.05) is 22.4 Å². The minimum atomic E-state index is -3.46. The van der Waals surface area contributed by atoms with Crippen LogP contribution in [0.3, 0.4) is 0 Å². The molecule has 0 saturated heterocycles. The number of amides is 1. The Morgan fingerprint density at radius 1 is 1.04 bits per heavy atom. The molecule has 0 atom stereocenters. The Labute approximate surface area is 143 Å². The van der Waals surface area contributed by atoms with E-state index in [2.05, 4.69) is 5.32 Å². The van der Waals surface area contributed by atoms with Gasteiger partial charge in [-0.25, -0.2) is 8.42 Å². The molecule has 0 unspecified atom stereocenters. The maximum Gasteiger partial charge on any atom is 0.232 e. The Bertz CT molecular complexity index is 814. The first-order valence-corrected chi connectivity index (χ1v) is 9.51. The first kappa shape index (κ1) is 18.0. The highest BCUT2D eigenvalue weighted by Crippen LogP contribution is 2.19. The van der Waals surface area contributed by atoms with Crippen molar-refractivity contribution < 1.29 is 13.2 Å². The van der Waals surface area contributed by atoms with Crippen LogP contribution in [0.5, 0.6) is 0 Å². The number of hydrogen-bond donors (Lipinski definition) is 1. The number of aryl methyl sites for hydroxylation is 2. The summed E-state index contributed by atoms with van der Waals surface area (Å²) in [6.07, 6.45) is 1.22. The Hall–Kier alpha value is -2.34. The Morgan fingerprint density at radius 2 is 1.71 bits per heavy atom. The molecule has 2 aromatic carbocycles. The van der Waals surface area contributed by atoms with Gasteiger partial charge in [0.15, 0.2) is 0 Å². The molecule has 0 aromatic heterocycles. The number of carbonyl (C=O) groups is 1. The summed E-state index contributed by atoms with van der Waals surface area (Å²) < 4.78 is 25.4.